The molecule has 1 aromatic heterocycles. The predicted molar refractivity (Wildman–Crippen MR) is 110 cm³/mol. The highest BCUT2D eigenvalue weighted by Gasteiger charge is 2.29. The Hall–Kier alpha value is -2.39. The number of nitrogens with one attached hydrogen (secondary N) is 1. The fourth-order valence-electron chi connectivity index (χ4n) is 3.25. The molecule has 0 bridgehead atoms. The predicted octanol–water partition coefficient (Wildman–Crippen LogP) is 2.04. The monoisotopic (exact) mass is 405 g/mol. The van der Waals surface area contributed by atoms with Gasteiger partial charge < -0.3 is 15.0 Å². The van der Waals surface area contributed by atoms with Gasteiger partial charge in [-0.2, -0.15) is 9.29 Å². The normalized spacial score (nSPS) is 15.5. The largest absolute Gasteiger partial charge is 0.496 e. The number of piperazine rings is 1. The van der Waals surface area contributed by atoms with Crippen LogP contribution in [0.4, 0.5) is 11.8 Å². The van der Waals surface area contributed by atoms with Crippen molar-refractivity contribution in [3.63, 3.8) is 0 Å². The molecular weight excluding hydrogens is 378 g/mol. The lowest BCUT2D eigenvalue weighted by molar-refractivity contribution is 0.382. The summed E-state index contributed by atoms with van der Waals surface area (Å²) in [5.74, 6) is 2.10. The van der Waals surface area contributed by atoms with Gasteiger partial charge in [-0.1, -0.05) is 0 Å². The molecule has 0 amide bonds. The van der Waals surface area contributed by atoms with Crippen LogP contribution in [-0.4, -0.2) is 62.5 Å². The summed E-state index contributed by atoms with van der Waals surface area (Å²) in [7, 11) is -1.97. The summed E-state index contributed by atoms with van der Waals surface area (Å²) < 4.78 is 32.7. The van der Waals surface area contributed by atoms with Crippen molar-refractivity contribution in [1.82, 2.24) is 14.3 Å². The summed E-state index contributed by atoms with van der Waals surface area (Å²) in [5.41, 5.74) is 1.68. The highest BCUT2D eigenvalue weighted by Crippen LogP contribution is 2.25. The average Bonchev–Trinajstić information content (AvgIpc) is 2.68. The van der Waals surface area contributed by atoms with Gasteiger partial charge in [0.2, 0.25) is 16.0 Å². The van der Waals surface area contributed by atoms with E-state index in [4.69, 9.17) is 4.74 Å². The van der Waals surface area contributed by atoms with E-state index in [9.17, 15) is 8.42 Å². The molecule has 1 N–H and O–H groups in total. The number of rotatable bonds is 6. The SMILES string of the molecule is CCNc1cc(C)nc(N2CCN(S(=O)(=O)c3ccc(OC)c(C)c3)CC2)n1. The highest BCUT2D eigenvalue weighted by atomic mass is 32.2. The maximum Gasteiger partial charge on any atom is 0.243 e. The van der Waals surface area contributed by atoms with E-state index in [2.05, 4.69) is 15.3 Å². The van der Waals surface area contributed by atoms with Crippen molar-refractivity contribution in [2.75, 3.05) is 50.1 Å². The minimum Gasteiger partial charge on any atom is -0.496 e. The van der Waals surface area contributed by atoms with Gasteiger partial charge in [0.1, 0.15) is 11.6 Å². The van der Waals surface area contributed by atoms with Crippen molar-refractivity contribution in [3.8, 4) is 5.75 Å². The van der Waals surface area contributed by atoms with Crippen LogP contribution in [0.1, 0.15) is 18.2 Å². The molecule has 0 atom stereocenters. The van der Waals surface area contributed by atoms with Crippen LogP contribution in [0.5, 0.6) is 5.75 Å². The Labute approximate surface area is 166 Å². The lowest BCUT2D eigenvalue weighted by atomic mass is 10.2. The van der Waals surface area contributed by atoms with Gasteiger partial charge in [-0.25, -0.2) is 13.4 Å². The number of sulfonamides is 1. The molecule has 28 heavy (non-hydrogen) atoms. The number of anilines is 2. The molecule has 0 radical (unpaired) electrons. The maximum atomic E-state index is 13.0. The van der Waals surface area contributed by atoms with Gasteiger partial charge >= 0.3 is 0 Å². The molecule has 8 nitrogen and oxygen atoms in total. The Bertz CT molecular complexity index is 941. The highest BCUT2D eigenvalue weighted by molar-refractivity contribution is 7.89. The van der Waals surface area contributed by atoms with Crippen LogP contribution in [-0.2, 0) is 10.0 Å². The summed E-state index contributed by atoms with van der Waals surface area (Å²) in [6.45, 7) is 8.44. The summed E-state index contributed by atoms with van der Waals surface area (Å²) in [6.07, 6.45) is 0. The van der Waals surface area contributed by atoms with Crippen molar-refractivity contribution < 1.29 is 13.2 Å². The molecule has 0 unspecified atom stereocenters. The number of nitrogens with zero attached hydrogens (tertiary/aromatic N) is 4. The second kappa shape index (κ2) is 8.32. The van der Waals surface area contributed by atoms with E-state index in [1.807, 2.05) is 31.7 Å². The van der Waals surface area contributed by atoms with Crippen LogP contribution in [0.2, 0.25) is 0 Å². The van der Waals surface area contributed by atoms with E-state index in [0.717, 1.165) is 23.6 Å². The molecule has 3 rings (SSSR count). The average molecular weight is 406 g/mol. The van der Waals surface area contributed by atoms with E-state index >= 15 is 0 Å². The zero-order valence-corrected chi connectivity index (χ0v) is 17.6. The Balaban J connectivity index is 1.73. The van der Waals surface area contributed by atoms with E-state index in [1.165, 1.54) is 4.31 Å². The molecule has 0 saturated carbocycles. The van der Waals surface area contributed by atoms with Gasteiger partial charge in [-0.15, -0.1) is 0 Å². The summed E-state index contributed by atoms with van der Waals surface area (Å²) in [4.78, 5) is 11.4. The minimum atomic E-state index is -3.54. The van der Waals surface area contributed by atoms with Gasteiger partial charge in [0, 0.05) is 44.5 Å². The number of hydrogen-bond acceptors (Lipinski definition) is 7. The number of benzene rings is 1. The second-order valence-corrected chi connectivity index (χ2v) is 8.69. The third kappa shape index (κ3) is 4.20. The second-order valence-electron chi connectivity index (χ2n) is 6.75. The molecule has 2 heterocycles. The summed E-state index contributed by atoms with van der Waals surface area (Å²) in [6, 6.07) is 6.85. The first kappa shape index (κ1) is 20.3. The quantitative estimate of drug-likeness (QED) is 0.787. The number of aromatic nitrogens is 2. The Morgan fingerprint density at radius 1 is 1.11 bits per heavy atom. The molecule has 1 aliphatic heterocycles. The number of methoxy groups -OCH3 is 1. The van der Waals surface area contributed by atoms with Crippen molar-refractivity contribution in [2.24, 2.45) is 0 Å². The maximum absolute atomic E-state index is 13.0. The van der Waals surface area contributed by atoms with Crippen LogP contribution in [0.3, 0.4) is 0 Å². The smallest absolute Gasteiger partial charge is 0.243 e. The van der Waals surface area contributed by atoms with Crippen LogP contribution < -0.4 is 15.0 Å². The van der Waals surface area contributed by atoms with Gasteiger partial charge in [0.05, 0.1) is 12.0 Å². The molecule has 152 valence electrons. The van der Waals surface area contributed by atoms with Crippen molar-refractivity contribution in [2.45, 2.75) is 25.7 Å². The zero-order valence-electron chi connectivity index (χ0n) is 16.8. The molecule has 1 aliphatic rings. The first-order valence-electron chi connectivity index (χ1n) is 9.34. The molecule has 9 heteroatoms. The first-order chi connectivity index (χ1) is 13.3. The van der Waals surface area contributed by atoms with Crippen LogP contribution >= 0.6 is 0 Å². The van der Waals surface area contributed by atoms with Crippen LogP contribution in [0, 0.1) is 13.8 Å². The minimum absolute atomic E-state index is 0.292. The van der Waals surface area contributed by atoms with E-state index in [0.29, 0.717) is 42.8 Å². The number of ether oxygens (including phenoxy) is 1. The van der Waals surface area contributed by atoms with Gasteiger partial charge in [-0.05, 0) is 44.5 Å². The fourth-order valence-corrected chi connectivity index (χ4v) is 4.76. The molecular formula is C19H27N5O3S. The Morgan fingerprint density at radius 2 is 1.82 bits per heavy atom. The standard InChI is InChI=1S/C19H27N5O3S/c1-5-20-18-13-15(3)21-19(22-18)23-8-10-24(11-9-23)28(25,26)16-6-7-17(27-4)14(2)12-16/h6-7,12-13H,5,8-11H2,1-4H3,(H,20,21,22). The first-order valence-corrected chi connectivity index (χ1v) is 10.8. The molecule has 2 aromatic rings. The number of aryl methyl sites for hydroxylation is 2. The third-order valence-electron chi connectivity index (χ3n) is 4.73. The van der Waals surface area contributed by atoms with Gasteiger partial charge in [0.25, 0.3) is 0 Å². The Morgan fingerprint density at radius 3 is 2.43 bits per heavy atom. The van der Waals surface area contributed by atoms with E-state index < -0.39 is 10.0 Å². The lowest BCUT2D eigenvalue weighted by Gasteiger charge is -2.34. The van der Waals surface area contributed by atoms with E-state index in [1.54, 1.807) is 25.3 Å². The Kier molecular flexibility index (Phi) is 6.04. The van der Waals surface area contributed by atoms with Crippen LogP contribution in [0.15, 0.2) is 29.2 Å². The molecule has 1 saturated heterocycles. The third-order valence-corrected chi connectivity index (χ3v) is 6.62. The molecule has 0 spiro atoms. The van der Waals surface area contributed by atoms with Crippen molar-refractivity contribution >= 4 is 21.8 Å². The van der Waals surface area contributed by atoms with Crippen molar-refractivity contribution in [1.29, 1.82) is 0 Å². The molecule has 1 fully saturated rings. The lowest BCUT2D eigenvalue weighted by Crippen LogP contribution is -2.49. The van der Waals surface area contributed by atoms with Gasteiger partial charge in [-0.3, -0.25) is 0 Å². The fraction of sp³-hybridized carbons (Fsp3) is 0.474. The van der Waals surface area contributed by atoms with E-state index in [-0.39, 0.29) is 0 Å². The molecule has 0 aliphatic carbocycles. The molecule has 1 aromatic carbocycles. The zero-order chi connectivity index (χ0) is 20.3. The summed E-state index contributed by atoms with van der Waals surface area (Å²) >= 11 is 0. The van der Waals surface area contributed by atoms with Crippen molar-refractivity contribution in [3.05, 3.63) is 35.5 Å². The summed E-state index contributed by atoms with van der Waals surface area (Å²) in [5, 5.41) is 3.20. The topological polar surface area (TPSA) is 87.7 Å². The van der Waals surface area contributed by atoms with Crippen LogP contribution in [0.25, 0.3) is 0 Å². The van der Waals surface area contributed by atoms with Gasteiger partial charge in [0.15, 0.2) is 0 Å². The number of hydrogen-bond donors (Lipinski definition) is 1.